The van der Waals surface area contributed by atoms with Crippen LogP contribution in [0.1, 0.15) is 32.6 Å². The lowest BCUT2D eigenvalue weighted by atomic mass is 10.1. The van der Waals surface area contributed by atoms with Crippen molar-refractivity contribution in [1.29, 1.82) is 0 Å². The van der Waals surface area contributed by atoms with Gasteiger partial charge in [-0.3, -0.25) is 9.80 Å². The molecule has 2 atom stereocenters. The zero-order valence-corrected chi connectivity index (χ0v) is 9.28. The molecule has 3 aliphatic rings. The maximum atomic E-state index is 2.75. The van der Waals surface area contributed by atoms with Gasteiger partial charge in [0.1, 0.15) is 0 Å². The summed E-state index contributed by atoms with van der Waals surface area (Å²) in [4.78, 5) is 5.47. The van der Waals surface area contributed by atoms with Crippen molar-refractivity contribution in [2.75, 3.05) is 26.2 Å². The molecule has 2 heteroatoms. The Morgan fingerprint density at radius 3 is 2.79 bits per heavy atom. The van der Waals surface area contributed by atoms with Crippen molar-refractivity contribution in [3.63, 3.8) is 0 Å². The molecule has 1 saturated carbocycles. The first-order valence-electron chi connectivity index (χ1n) is 6.31. The zero-order valence-electron chi connectivity index (χ0n) is 9.28. The SMILES string of the molecule is CC1CN2CCCC2CN1CC1CC1. The van der Waals surface area contributed by atoms with Gasteiger partial charge in [0.2, 0.25) is 0 Å². The maximum absolute atomic E-state index is 2.75. The topological polar surface area (TPSA) is 6.48 Å². The molecule has 0 aromatic rings. The minimum atomic E-state index is 0.810. The van der Waals surface area contributed by atoms with Gasteiger partial charge in [-0.1, -0.05) is 0 Å². The second kappa shape index (κ2) is 3.49. The van der Waals surface area contributed by atoms with Gasteiger partial charge < -0.3 is 0 Å². The zero-order chi connectivity index (χ0) is 9.54. The number of nitrogens with zero attached hydrogens (tertiary/aromatic N) is 2. The van der Waals surface area contributed by atoms with Crippen LogP contribution in [0, 0.1) is 5.92 Å². The van der Waals surface area contributed by atoms with Gasteiger partial charge in [-0.2, -0.15) is 0 Å². The van der Waals surface area contributed by atoms with Crippen molar-refractivity contribution in [2.24, 2.45) is 5.92 Å². The van der Waals surface area contributed by atoms with Gasteiger partial charge >= 0.3 is 0 Å². The highest BCUT2D eigenvalue weighted by Gasteiger charge is 2.36. The lowest BCUT2D eigenvalue weighted by molar-refractivity contribution is 0.0563. The molecular weight excluding hydrogens is 172 g/mol. The lowest BCUT2D eigenvalue weighted by Crippen LogP contribution is -2.55. The van der Waals surface area contributed by atoms with E-state index in [1.54, 1.807) is 0 Å². The summed E-state index contributed by atoms with van der Waals surface area (Å²) in [6.07, 6.45) is 5.89. The molecule has 3 fully saturated rings. The van der Waals surface area contributed by atoms with Crippen LogP contribution >= 0.6 is 0 Å². The summed E-state index contributed by atoms with van der Waals surface area (Å²) in [5.41, 5.74) is 0. The molecule has 14 heavy (non-hydrogen) atoms. The van der Waals surface area contributed by atoms with E-state index >= 15 is 0 Å². The quantitative estimate of drug-likeness (QED) is 0.658. The third-order valence-electron chi connectivity index (χ3n) is 4.26. The number of hydrogen-bond acceptors (Lipinski definition) is 2. The molecule has 2 aliphatic heterocycles. The Hall–Kier alpha value is -0.0800. The number of hydrogen-bond donors (Lipinski definition) is 0. The molecule has 0 bridgehead atoms. The molecule has 2 heterocycles. The van der Waals surface area contributed by atoms with Gasteiger partial charge in [0.05, 0.1) is 0 Å². The van der Waals surface area contributed by atoms with Crippen LogP contribution in [-0.2, 0) is 0 Å². The average Bonchev–Trinajstić information content (AvgIpc) is 2.85. The fourth-order valence-corrected chi connectivity index (χ4v) is 3.13. The normalized spacial score (nSPS) is 40.1. The maximum Gasteiger partial charge on any atom is 0.0224 e. The molecule has 2 nitrogen and oxygen atoms in total. The van der Waals surface area contributed by atoms with Crippen LogP contribution < -0.4 is 0 Å². The third kappa shape index (κ3) is 1.70. The number of fused-ring (bicyclic) bond motifs is 1. The molecule has 0 spiro atoms. The second-order valence-corrected chi connectivity index (χ2v) is 5.54. The van der Waals surface area contributed by atoms with Crippen LogP contribution in [-0.4, -0.2) is 48.1 Å². The molecule has 3 rings (SSSR count). The van der Waals surface area contributed by atoms with Crippen molar-refractivity contribution < 1.29 is 0 Å². The summed E-state index contributed by atoms with van der Waals surface area (Å²) >= 11 is 0. The van der Waals surface area contributed by atoms with Gasteiger partial charge in [-0.25, -0.2) is 0 Å². The van der Waals surface area contributed by atoms with Crippen molar-refractivity contribution in [1.82, 2.24) is 9.80 Å². The Balaban J connectivity index is 1.61. The summed E-state index contributed by atoms with van der Waals surface area (Å²) in [7, 11) is 0. The first-order valence-corrected chi connectivity index (χ1v) is 6.31. The summed E-state index contributed by atoms with van der Waals surface area (Å²) in [5, 5.41) is 0. The van der Waals surface area contributed by atoms with Crippen LogP contribution in [0.25, 0.3) is 0 Å². The predicted octanol–water partition coefficient (Wildman–Crippen LogP) is 1.56. The fourth-order valence-electron chi connectivity index (χ4n) is 3.13. The Kier molecular flexibility index (Phi) is 2.29. The molecule has 0 radical (unpaired) electrons. The van der Waals surface area contributed by atoms with E-state index in [4.69, 9.17) is 0 Å². The highest BCUT2D eigenvalue weighted by atomic mass is 15.3. The van der Waals surface area contributed by atoms with Crippen LogP contribution in [0.2, 0.25) is 0 Å². The molecule has 80 valence electrons. The molecule has 0 N–H and O–H groups in total. The summed E-state index contributed by atoms with van der Waals surface area (Å²) < 4.78 is 0. The fraction of sp³-hybridized carbons (Fsp3) is 1.00. The number of piperazine rings is 1. The van der Waals surface area contributed by atoms with Crippen LogP contribution in [0.15, 0.2) is 0 Å². The molecule has 2 unspecified atom stereocenters. The highest BCUT2D eigenvalue weighted by Crippen LogP contribution is 2.32. The van der Waals surface area contributed by atoms with E-state index in [2.05, 4.69) is 16.7 Å². The minimum absolute atomic E-state index is 0.810. The van der Waals surface area contributed by atoms with E-state index in [0.29, 0.717) is 0 Å². The van der Waals surface area contributed by atoms with Crippen LogP contribution in [0.3, 0.4) is 0 Å². The summed E-state index contributed by atoms with van der Waals surface area (Å²) in [6, 6.07) is 1.72. The predicted molar refractivity (Wildman–Crippen MR) is 58.4 cm³/mol. The van der Waals surface area contributed by atoms with Gasteiger partial charge in [0, 0.05) is 31.7 Å². The standard InChI is InChI=1S/C12H22N2/c1-10-7-13-6-2-3-12(13)9-14(10)8-11-4-5-11/h10-12H,2-9H2,1H3. The highest BCUT2D eigenvalue weighted by molar-refractivity contribution is 4.92. The first-order chi connectivity index (χ1) is 6.83. The molecule has 0 amide bonds. The first kappa shape index (κ1) is 9.17. The molecular formula is C12H22N2. The largest absolute Gasteiger partial charge is 0.298 e. The van der Waals surface area contributed by atoms with E-state index in [1.165, 1.54) is 51.9 Å². The van der Waals surface area contributed by atoms with E-state index in [-0.39, 0.29) is 0 Å². The van der Waals surface area contributed by atoms with Gasteiger partial charge in [-0.05, 0) is 45.1 Å². The van der Waals surface area contributed by atoms with E-state index in [1.807, 2.05) is 0 Å². The Labute approximate surface area is 87.3 Å². The molecule has 1 aliphatic carbocycles. The van der Waals surface area contributed by atoms with E-state index < -0.39 is 0 Å². The summed E-state index contributed by atoms with van der Waals surface area (Å²) in [6.45, 7) is 7.86. The monoisotopic (exact) mass is 194 g/mol. The molecule has 2 saturated heterocycles. The third-order valence-corrected chi connectivity index (χ3v) is 4.26. The van der Waals surface area contributed by atoms with Crippen molar-refractivity contribution in [3.05, 3.63) is 0 Å². The second-order valence-electron chi connectivity index (χ2n) is 5.54. The van der Waals surface area contributed by atoms with Gasteiger partial charge in [0.25, 0.3) is 0 Å². The van der Waals surface area contributed by atoms with Crippen LogP contribution in [0.4, 0.5) is 0 Å². The van der Waals surface area contributed by atoms with Crippen molar-refractivity contribution in [2.45, 2.75) is 44.7 Å². The lowest BCUT2D eigenvalue weighted by Gasteiger charge is -2.42. The van der Waals surface area contributed by atoms with Gasteiger partial charge in [0.15, 0.2) is 0 Å². The summed E-state index contributed by atoms with van der Waals surface area (Å²) in [5.74, 6) is 1.06. The van der Waals surface area contributed by atoms with Crippen molar-refractivity contribution in [3.8, 4) is 0 Å². The average molecular weight is 194 g/mol. The smallest absolute Gasteiger partial charge is 0.0224 e. The Morgan fingerprint density at radius 1 is 1.14 bits per heavy atom. The Morgan fingerprint density at radius 2 is 2.00 bits per heavy atom. The van der Waals surface area contributed by atoms with E-state index in [0.717, 1.165) is 18.0 Å². The van der Waals surface area contributed by atoms with E-state index in [9.17, 15) is 0 Å². The molecule has 0 aromatic carbocycles. The molecule has 0 aromatic heterocycles. The minimum Gasteiger partial charge on any atom is -0.298 e. The number of rotatable bonds is 2. The Bertz CT molecular complexity index is 212. The van der Waals surface area contributed by atoms with Crippen LogP contribution in [0.5, 0.6) is 0 Å². The van der Waals surface area contributed by atoms with Crippen molar-refractivity contribution >= 4 is 0 Å². The van der Waals surface area contributed by atoms with Gasteiger partial charge in [-0.15, -0.1) is 0 Å².